The highest BCUT2D eigenvalue weighted by Gasteiger charge is 2.20. The molecule has 4 heteroatoms. The van der Waals surface area contributed by atoms with E-state index in [1.165, 1.54) is 12.8 Å². The Hall–Kier alpha value is -2.36. The van der Waals surface area contributed by atoms with Crippen LogP contribution in [0.3, 0.4) is 0 Å². The molecule has 1 aliphatic rings. The lowest BCUT2D eigenvalue weighted by molar-refractivity contribution is 0.0911. The molecule has 2 heterocycles. The Morgan fingerprint density at radius 1 is 1.18 bits per heavy atom. The second-order valence-electron chi connectivity index (χ2n) is 6.14. The standard InChI is InChI=1S/C18H18N2O2/c1-11-6-7-12-9-13-10-16(22-18(13)20-15(12)8-11)17(21)19-14-4-2-3-5-14/h6-10,14H,2-5H2,1H3,(H,19,21). The first kappa shape index (κ1) is 13.3. The molecule has 2 aromatic heterocycles. The number of carbonyl (C=O) groups excluding carboxylic acids is 1. The summed E-state index contributed by atoms with van der Waals surface area (Å²) in [5.41, 5.74) is 2.57. The average Bonchev–Trinajstić information content (AvgIpc) is 3.13. The lowest BCUT2D eigenvalue weighted by Gasteiger charge is -2.09. The van der Waals surface area contributed by atoms with E-state index in [0.29, 0.717) is 11.5 Å². The first-order chi connectivity index (χ1) is 10.7. The normalized spacial score (nSPS) is 15.7. The Bertz CT molecular complexity index is 860. The number of hydrogen-bond donors (Lipinski definition) is 1. The maximum absolute atomic E-state index is 12.3. The molecule has 0 unspecified atom stereocenters. The van der Waals surface area contributed by atoms with Crippen molar-refractivity contribution in [1.29, 1.82) is 0 Å². The molecule has 112 valence electrons. The zero-order valence-electron chi connectivity index (χ0n) is 12.6. The van der Waals surface area contributed by atoms with Gasteiger partial charge in [-0.25, -0.2) is 4.98 Å². The summed E-state index contributed by atoms with van der Waals surface area (Å²) in [5, 5.41) is 4.97. The smallest absolute Gasteiger partial charge is 0.287 e. The van der Waals surface area contributed by atoms with E-state index in [2.05, 4.69) is 16.4 Å². The SMILES string of the molecule is Cc1ccc2cc3cc(C(=O)NC4CCCC4)oc3nc2c1. The third kappa shape index (κ3) is 2.34. The number of furan rings is 1. The van der Waals surface area contributed by atoms with Gasteiger partial charge in [-0.3, -0.25) is 4.79 Å². The van der Waals surface area contributed by atoms with Gasteiger partial charge in [0.05, 0.1) is 5.52 Å². The van der Waals surface area contributed by atoms with Crippen LogP contribution in [0.4, 0.5) is 0 Å². The van der Waals surface area contributed by atoms with Crippen molar-refractivity contribution in [3.8, 4) is 0 Å². The monoisotopic (exact) mass is 294 g/mol. The molecule has 4 nitrogen and oxygen atoms in total. The molecule has 0 spiro atoms. The van der Waals surface area contributed by atoms with E-state index < -0.39 is 0 Å². The summed E-state index contributed by atoms with van der Waals surface area (Å²) in [6, 6.07) is 10.2. The second kappa shape index (κ2) is 5.13. The molecule has 0 radical (unpaired) electrons. The third-order valence-corrected chi connectivity index (χ3v) is 4.37. The van der Waals surface area contributed by atoms with Crippen LogP contribution in [0.15, 0.2) is 34.7 Å². The van der Waals surface area contributed by atoms with Crippen molar-refractivity contribution in [2.24, 2.45) is 0 Å². The molecular weight excluding hydrogens is 276 g/mol. The summed E-state index contributed by atoms with van der Waals surface area (Å²) in [7, 11) is 0. The molecule has 1 saturated carbocycles. The molecule has 22 heavy (non-hydrogen) atoms. The number of hydrogen-bond acceptors (Lipinski definition) is 3. The van der Waals surface area contributed by atoms with Gasteiger partial charge in [0.2, 0.25) is 5.71 Å². The fourth-order valence-electron chi connectivity index (χ4n) is 3.17. The summed E-state index contributed by atoms with van der Waals surface area (Å²) in [5.74, 6) is 0.214. The van der Waals surface area contributed by atoms with Gasteiger partial charge in [-0.15, -0.1) is 0 Å². The van der Waals surface area contributed by atoms with Gasteiger partial charge in [-0.05, 0) is 43.5 Å². The van der Waals surface area contributed by atoms with Gasteiger partial charge < -0.3 is 9.73 Å². The van der Waals surface area contributed by atoms with Crippen molar-refractivity contribution in [3.05, 3.63) is 41.7 Å². The highest BCUT2D eigenvalue weighted by atomic mass is 16.4. The Labute approximate surface area is 128 Å². The number of rotatable bonds is 2. The molecule has 1 aromatic carbocycles. The van der Waals surface area contributed by atoms with Gasteiger partial charge in [0.15, 0.2) is 5.76 Å². The number of nitrogens with one attached hydrogen (secondary N) is 1. The maximum atomic E-state index is 12.3. The van der Waals surface area contributed by atoms with E-state index in [0.717, 1.165) is 34.7 Å². The van der Waals surface area contributed by atoms with E-state index in [1.807, 2.05) is 25.1 Å². The number of nitrogens with zero attached hydrogens (tertiary/aromatic N) is 1. The van der Waals surface area contributed by atoms with Gasteiger partial charge in [0.25, 0.3) is 5.91 Å². The number of aromatic nitrogens is 1. The van der Waals surface area contributed by atoms with Crippen LogP contribution in [-0.4, -0.2) is 16.9 Å². The Kier molecular flexibility index (Phi) is 3.10. The minimum Gasteiger partial charge on any atom is -0.433 e. The van der Waals surface area contributed by atoms with Crippen molar-refractivity contribution >= 4 is 27.9 Å². The first-order valence-corrected chi connectivity index (χ1v) is 7.81. The molecule has 3 aromatic rings. The quantitative estimate of drug-likeness (QED) is 0.778. The third-order valence-electron chi connectivity index (χ3n) is 4.37. The number of benzene rings is 1. The van der Waals surface area contributed by atoms with Crippen LogP contribution in [0.1, 0.15) is 41.8 Å². The Balaban J connectivity index is 1.70. The maximum Gasteiger partial charge on any atom is 0.287 e. The predicted molar refractivity (Wildman–Crippen MR) is 86.0 cm³/mol. The van der Waals surface area contributed by atoms with Gasteiger partial charge in [-0.1, -0.05) is 25.0 Å². The van der Waals surface area contributed by atoms with E-state index in [1.54, 1.807) is 6.07 Å². The number of amides is 1. The Morgan fingerprint density at radius 3 is 2.82 bits per heavy atom. The van der Waals surface area contributed by atoms with Gasteiger partial charge in [0.1, 0.15) is 0 Å². The summed E-state index contributed by atoms with van der Waals surface area (Å²) < 4.78 is 5.66. The van der Waals surface area contributed by atoms with E-state index in [-0.39, 0.29) is 11.9 Å². The van der Waals surface area contributed by atoms with Gasteiger partial charge >= 0.3 is 0 Å². The minimum atomic E-state index is -0.134. The largest absolute Gasteiger partial charge is 0.433 e. The highest BCUT2D eigenvalue weighted by molar-refractivity contribution is 5.98. The lowest BCUT2D eigenvalue weighted by atomic mass is 10.1. The summed E-state index contributed by atoms with van der Waals surface area (Å²) in [4.78, 5) is 16.8. The molecule has 0 saturated heterocycles. The zero-order chi connectivity index (χ0) is 15.1. The lowest BCUT2D eigenvalue weighted by Crippen LogP contribution is -2.32. The Morgan fingerprint density at radius 2 is 2.00 bits per heavy atom. The summed E-state index contributed by atoms with van der Waals surface area (Å²) in [6.07, 6.45) is 4.51. The number of aryl methyl sites for hydroxylation is 1. The molecule has 4 rings (SSSR count). The van der Waals surface area contributed by atoms with Crippen LogP contribution in [0.2, 0.25) is 0 Å². The van der Waals surface area contributed by atoms with E-state index in [4.69, 9.17) is 4.42 Å². The number of pyridine rings is 1. The summed E-state index contributed by atoms with van der Waals surface area (Å²) in [6.45, 7) is 2.04. The van der Waals surface area contributed by atoms with E-state index >= 15 is 0 Å². The van der Waals surface area contributed by atoms with Crippen LogP contribution in [0.25, 0.3) is 22.0 Å². The molecule has 1 aliphatic carbocycles. The van der Waals surface area contributed by atoms with Crippen molar-refractivity contribution < 1.29 is 9.21 Å². The predicted octanol–water partition coefficient (Wildman–Crippen LogP) is 3.96. The molecule has 0 bridgehead atoms. The average molecular weight is 294 g/mol. The van der Waals surface area contributed by atoms with Crippen LogP contribution in [0, 0.1) is 6.92 Å². The first-order valence-electron chi connectivity index (χ1n) is 7.81. The van der Waals surface area contributed by atoms with Crippen LogP contribution >= 0.6 is 0 Å². The molecule has 0 atom stereocenters. The van der Waals surface area contributed by atoms with Crippen molar-refractivity contribution in [2.45, 2.75) is 38.6 Å². The minimum absolute atomic E-state index is 0.134. The van der Waals surface area contributed by atoms with Crippen LogP contribution in [0.5, 0.6) is 0 Å². The van der Waals surface area contributed by atoms with Crippen LogP contribution in [-0.2, 0) is 0 Å². The number of carbonyl (C=O) groups is 1. The van der Waals surface area contributed by atoms with Crippen molar-refractivity contribution in [1.82, 2.24) is 10.3 Å². The topological polar surface area (TPSA) is 55.1 Å². The molecular formula is C18H18N2O2. The zero-order valence-corrected chi connectivity index (χ0v) is 12.6. The van der Waals surface area contributed by atoms with E-state index in [9.17, 15) is 4.79 Å². The summed E-state index contributed by atoms with van der Waals surface area (Å²) >= 11 is 0. The molecule has 1 N–H and O–H groups in total. The molecule has 0 aliphatic heterocycles. The fraction of sp³-hybridized carbons (Fsp3) is 0.333. The van der Waals surface area contributed by atoms with Gasteiger partial charge in [0, 0.05) is 16.8 Å². The molecule has 1 amide bonds. The second-order valence-corrected chi connectivity index (χ2v) is 6.14. The number of fused-ring (bicyclic) bond motifs is 2. The van der Waals surface area contributed by atoms with Gasteiger partial charge in [-0.2, -0.15) is 0 Å². The molecule has 1 fully saturated rings. The van der Waals surface area contributed by atoms with Crippen LogP contribution < -0.4 is 5.32 Å². The fourth-order valence-corrected chi connectivity index (χ4v) is 3.17. The van der Waals surface area contributed by atoms with Crippen molar-refractivity contribution in [2.75, 3.05) is 0 Å². The van der Waals surface area contributed by atoms with Crippen molar-refractivity contribution in [3.63, 3.8) is 0 Å². The highest BCUT2D eigenvalue weighted by Crippen LogP contribution is 2.24.